The lowest BCUT2D eigenvalue weighted by Crippen LogP contribution is -2.38. The van der Waals surface area contributed by atoms with E-state index < -0.39 is 6.09 Å². The lowest BCUT2D eigenvalue weighted by molar-refractivity contribution is 0.123. The van der Waals surface area contributed by atoms with Crippen LogP contribution < -0.4 is 0 Å². The average Bonchev–Trinajstić information content (AvgIpc) is 2.26. The Hall–Kier alpha value is -1.21. The summed E-state index contributed by atoms with van der Waals surface area (Å²) in [5.41, 5.74) is 0. The molecule has 0 spiro atoms. The Labute approximate surface area is 89.9 Å². The van der Waals surface area contributed by atoms with Crippen LogP contribution in [0.2, 0.25) is 0 Å². The summed E-state index contributed by atoms with van der Waals surface area (Å²) in [6, 6.07) is 0.134. The van der Waals surface area contributed by atoms with E-state index in [1.54, 1.807) is 7.05 Å². The van der Waals surface area contributed by atoms with Crippen LogP contribution in [-0.4, -0.2) is 40.9 Å². The van der Waals surface area contributed by atoms with Crippen LogP contribution in [0.15, 0.2) is 0 Å². The van der Waals surface area contributed by atoms with Gasteiger partial charge in [0.25, 0.3) is 0 Å². The maximum Gasteiger partial charge on any atom is 0.407 e. The Balaban J connectivity index is 2.39. The SMILES string of the molecule is CN(C(=O)O)C1CCC(C#CCO)CC1. The van der Waals surface area contributed by atoms with Gasteiger partial charge in [-0.2, -0.15) is 0 Å². The zero-order valence-corrected chi connectivity index (χ0v) is 8.94. The number of rotatable bonds is 1. The minimum absolute atomic E-state index is 0.0883. The van der Waals surface area contributed by atoms with Gasteiger partial charge in [-0.25, -0.2) is 4.79 Å². The first-order valence-electron chi connectivity index (χ1n) is 5.20. The Morgan fingerprint density at radius 1 is 1.40 bits per heavy atom. The van der Waals surface area contributed by atoms with Crippen LogP contribution in [-0.2, 0) is 0 Å². The number of aliphatic hydroxyl groups excluding tert-OH is 1. The van der Waals surface area contributed by atoms with Gasteiger partial charge in [-0.1, -0.05) is 11.8 Å². The summed E-state index contributed by atoms with van der Waals surface area (Å²) in [7, 11) is 1.62. The number of aliphatic hydroxyl groups is 1. The minimum Gasteiger partial charge on any atom is -0.465 e. The summed E-state index contributed by atoms with van der Waals surface area (Å²) in [6.45, 7) is -0.0883. The van der Waals surface area contributed by atoms with Crippen molar-refractivity contribution < 1.29 is 15.0 Å². The van der Waals surface area contributed by atoms with Gasteiger partial charge in [0.1, 0.15) is 6.61 Å². The summed E-state index contributed by atoms with van der Waals surface area (Å²) in [4.78, 5) is 12.1. The molecular weight excluding hydrogens is 194 g/mol. The van der Waals surface area contributed by atoms with Crippen molar-refractivity contribution in [3.05, 3.63) is 0 Å². The second-order valence-electron chi connectivity index (χ2n) is 3.88. The van der Waals surface area contributed by atoms with Crippen molar-refractivity contribution in [1.29, 1.82) is 0 Å². The van der Waals surface area contributed by atoms with Crippen molar-refractivity contribution >= 4 is 6.09 Å². The van der Waals surface area contributed by atoms with Crippen LogP contribution in [0.4, 0.5) is 4.79 Å². The average molecular weight is 211 g/mol. The van der Waals surface area contributed by atoms with Crippen LogP contribution in [0.5, 0.6) is 0 Å². The van der Waals surface area contributed by atoms with Crippen LogP contribution in [0, 0.1) is 17.8 Å². The largest absolute Gasteiger partial charge is 0.465 e. The van der Waals surface area contributed by atoms with E-state index in [4.69, 9.17) is 10.2 Å². The Kier molecular flexibility index (Phi) is 4.44. The highest BCUT2D eigenvalue weighted by Crippen LogP contribution is 2.26. The maximum absolute atomic E-state index is 10.7. The van der Waals surface area contributed by atoms with Crippen molar-refractivity contribution in [2.24, 2.45) is 5.92 Å². The van der Waals surface area contributed by atoms with E-state index in [1.165, 1.54) is 4.90 Å². The molecule has 1 aliphatic carbocycles. The first kappa shape index (κ1) is 11.9. The van der Waals surface area contributed by atoms with Crippen molar-refractivity contribution in [3.63, 3.8) is 0 Å². The monoisotopic (exact) mass is 211 g/mol. The highest BCUT2D eigenvalue weighted by molar-refractivity contribution is 5.64. The summed E-state index contributed by atoms with van der Waals surface area (Å²) in [5, 5.41) is 17.4. The molecule has 0 aliphatic heterocycles. The van der Waals surface area contributed by atoms with Crippen molar-refractivity contribution in [3.8, 4) is 11.8 Å². The van der Waals surface area contributed by atoms with E-state index >= 15 is 0 Å². The van der Waals surface area contributed by atoms with E-state index in [-0.39, 0.29) is 12.6 Å². The van der Waals surface area contributed by atoms with Gasteiger partial charge in [0.05, 0.1) is 0 Å². The molecule has 4 heteroatoms. The molecule has 0 unspecified atom stereocenters. The smallest absolute Gasteiger partial charge is 0.407 e. The number of hydrogen-bond acceptors (Lipinski definition) is 2. The van der Waals surface area contributed by atoms with Crippen LogP contribution >= 0.6 is 0 Å². The molecule has 1 rings (SSSR count). The van der Waals surface area contributed by atoms with Crippen LogP contribution in [0.25, 0.3) is 0 Å². The van der Waals surface area contributed by atoms with Crippen molar-refractivity contribution in [2.75, 3.05) is 13.7 Å². The van der Waals surface area contributed by atoms with Gasteiger partial charge < -0.3 is 15.1 Å². The predicted octanol–water partition coefficient (Wildman–Crippen LogP) is 1.15. The molecule has 1 amide bonds. The minimum atomic E-state index is -0.861. The third-order valence-corrected chi connectivity index (χ3v) is 2.93. The van der Waals surface area contributed by atoms with E-state index in [1.807, 2.05) is 0 Å². The normalized spacial score (nSPS) is 25.2. The standard InChI is InChI=1S/C11H17NO3/c1-12(11(14)15)10-6-4-9(5-7-10)3-2-8-13/h9-10,13H,4-8H2,1H3,(H,14,15). The lowest BCUT2D eigenvalue weighted by atomic mass is 9.86. The predicted molar refractivity (Wildman–Crippen MR) is 56.4 cm³/mol. The quantitative estimate of drug-likeness (QED) is 0.640. The van der Waals surface area contributed by atoms with Gasteiger partial charge >= 0.3 is 6.09 Å². The second-order valence-corrected chi connectivity index (χ2v) is 3.88. The van der Waals surface area contributed by atoms with Gasteiger partial charge in [-0.05, 0) is 25.7 Å². The summed E-state index contributed by atoms with van der Waals surface area (Å²) < 4.78 is 0. The molecule has 0 radical (unpaired) electrons. The highest BCUT2D eigenvalue weighted by Gasteiger charge is 2.25. The molecule has 0 heterocycles. The van der Waals surface area contributed by atoms with Gasteiger partial charge in [0, 0.05) is 19.0 Å². The molecule has 0 atom stereocenters. The molecule has 1 aliphatic rings. The first-order valence-corrected chi connectivity index (χ1v) is 5.20. The van der Waals surface area contributed by atoms with Crippen LogP contribution in [0.1, 0.15) is 25.7 Å². The fourth-order valence-electron chi connectivity index (χ4n) is 1.95. The van der Waals surface area contributed by atoms with E-state index in [2.05, 4.69) is 11.8 Å². The van der Waals surface area contributed by atoms with Gasteiger partial charge in [-0.15, -0.1) is 0 Å². The Bertz CT molecular complexity index is 271. The van der Waals surface area contributed by atoms with Crippen molar-refractivity contribution in [2.45, 2.75) is 31.7 Å². The molecule has 84 valence electrons. The fraction of sp³-hybridized carbons (Fsp3) is 0.727. The third-order valence-electron chi connectivity index (χ3n) is 2.93. The molecule has 4 nitrogen and oxygen atoms in total. The molecule has 0 aromatic carbocycles. The fourth-order valence-corrected chi connectivity index (χ4v) is 1.95. The maximum atomic E-state index is 10.7. The Morgan fingerprint density at radius 2 is 2.00 bits per heavy atom. The summed E-state index contributed by atoms with van der Waals surface area (Å²) >= 11 is 0. The third kappa shape index (κ3) is 3.45. The van der Waals surface area contributed by atoms with E-state index in [0.717, 1.165) is 25.7 Å². The topological polar surface area (TPSA) is 60.8 Å². The number of nitrogens with zero attached hydrogens (tertiary/aromatic N) is 1. The molecule has 2 N–H and O–H groups in total. The van der Waals surface area contributed by atoms with E-state index in [9.17, 15) is 4.79 Å². The molecule has 0 bridgehead atoms. The molecular formula is C11H17NO3. The Morgan fingerprint density at radius 3 is 2.47 bits per heavy atom. The zero-order chi connectivity index (χ0) is 11.3. The van der Waals surface area contributed by atoms with Gasteiger partial charge in [0.15, 0.2) is 0 Å². The van der Waals surface area contributed by atoms with Gasteiger partial charge in [-0.3, -0.25) is 0 Å². The lowest BCUT2D eigenvalue weighted by Gasteiger charge is -2.31. The number of carboxylic acid groups (broad SMARTS) is 1. The van der Waals surface area contributed by atoms with Crippen LogP contribution in [0.3, 0.4) is 0 Å². The number of amides is 1. The summed E-state index contributed by atoms with van der Waals surface area (Å²) in [6.07, 6.45) is 2.73. The highest BCUT2D eigenvalue weighted by atomic mass is 16.4. The zero-order valence-electron chi connectivity index (χ0n) is 8.94. The summed E-state index contributed by atoms with van der Waals surface area (Å²) in [5.74, 6) is 5.98. The molecule has 1 fully saturated rings. The molecule has 0 saturated heterocycles. The molecule has 0 aromatic heterocycles. The molecule has 1 saturated carbocycles. The first-order chi connectivity index (χ1) is 7.15. The number of carbonyl (C=O) groups is 1. The second kappa shape index (κ2) is 5.62. The van der Waals surface area contributed by atoms with Gasteiger partial charge in [0.2, 0.25) is 0 Å². The molecule has 15 heavy (non-hydrogen) atoms. The molecule has 0 aromatic rings. The van der Waals surface area contributed by atoms with Crippen molar-refractivity contribution in [1.82, 2.24) is 4.90 Å². The number of hydrogen-bond donors (Lipinski definition) is 2. The van der Waals surface area contributed by atoms with E-state index in [0.29, 0.717) is 5.92 Å².